The molecule has 1 heterocycles. The zero-order valence-corrected chi connectivity index (χ0v) is 31.5. The molecule has 12 heteroatoms. The van der Waals surface area contributed by atoms with E-state index in [-0.39, 0.29) is 30.5 Å². The molecule has 4 atom stereocenters. The van der Waals surface area contributed by atoms with Gasteiger partial charge in [-0.3, -0.25) is 14.4 Å². The van der Waals surface area contributed by atoms with Gasteiger partial charge in [-0.05, 0) is 75.4 Å². The van der Waals surface area contributed by atoms with Gasteiger partial charge in [0.05, 0.1) is 6.04 Å². The predicted molar refractivity (Wildman–Crippen MR) is 191 cm³/mol. The molecule has 1 aromatic rings. The lowest BCUT2D eigenvalue weighted by Crippen LogP contribution is -2.65. The van der Waals surface area contributed by atoms with Crippen molar-refractivity contribution in [2.24, 2.45) is 5.92 Å². The van der Waals surface area contributed by atoms with Crippen LogP contribution < -0.4 is 20.4 Å². The number of carbonyl (C=O) groups is 4. The van der Waals surface area contributed by atoms with Crippen molar-refractivity contribution in [2.75, 3.05) is 13.1 Å². The standard InChI is InChI=1S/C36H58N4O7Si/c1-12-13-14-15-19-28-30(33(43)44)37-20-21-40(28)32(42)27(38-31(41)29(24(2)3)39-34(45)46-35(4,5)6)23-25-17-16-18-26(22-25)47-48(10,11)36(7,8)9/h12-14,16-18,22,24,27-30,37H,1,15,19-21,23H2,2-11H3,(H,38,41)(H,39,45)(H,43,44)/t27-,28-,29-,30?/m0/s1. The van der Waals surface area contributed by atoms with Crippen LogP contribution in [0, 0.1) is 5.92 Å². The van der Waals surface area contributed by atoms with Crippen LogP contribution >= 0.6 is 0 Å². The quantitative estimate of drug-likeness (QED) is 0.150. The number of rotatable bonds is 14. The maximum Gasteiger partial charge on any atom is 0.408 e. The van der Waals surface area contributed by atoms with Gasteiger partial charge in [-0.2, -0.15) is 0 Å². The lowest BCUT2D eigenvalue weighted by Gasteiger charge is -2.42. The van der Waals surface area contributed by atoms with Gasteiger partial charge in [0.1, 0.15) is 29.5 Å². The minimum atomic E-state index is -2.16. The van der Waals surface area contributed by atoms with Crippen molar-refractivity contribution in [1.82, 2.24) is 20.9 Å². The van der Waals surface area contributed by atoms with E-state index in [1.165, 1.54) is 0 Å². The second kappa shape index (κ2) is 17.1. The van der Waals surface area contributed by atoms with E-state index in [0.717, 1.165) is 5.56 Å². The summed E-state index contributed by atoms with van der Waals surface area (Å²) in [4.78, 5) is 54.8. The largest absolute Gasteiger partial charge is 0.543 e. The van der Waals surface area contributed by atoms with Crippen LogP contribution in [0.15, 0.2) is 49.1 Å². The zero-order chi connectivity index (χ0) is 36.4. The van der Waals surface area contributed by atoms with Gasteiger partial charge in [-0.15, -0.1) is 0 Å². The summed E-state index contributed by atoms with van der Waals surface area (Å²) in [6, 6.07) is 3.84. The number of amides is 3. The molecule has 1 aromatic carbocycles. The molecule has 3 amide bonds. The third-order valence-corrected chi connectivity index (χ3v) is 13.1. The van der Waals surface area contributed by atoms with Gasteiger partial charge in [-0.25, -0.2) is 4.79 Å². The number of hydrogen-bond donors (Lipinski definition) is 4. The highest BCUT2D eigenvalue weighted by Gasteiger charge is 2.42. The number of nitrogens with zero attached hydrogens (tertiary/aromatic N) is 1. The van der Waals surface area contributed by atoms with Crippen LogP contribution in [-0.2, 0) is 25.5 Å². The Morgan fingerprint density at radius 1 is 1.12 bits per heavy atom. The Balaban J connectivity index is 2.50. The SMILES string of the molecule is C=CC=CCC[C@H]1C(C(=O)O)NCCN1C(=O)[C@H](Cc1cccc(O[Si](C)(C)C(C)(C)C)c1)NC(=O)[C@@H](NC(=O)OC(C)(C)C)C(C)C. The van der Waals surface area contributed by atoms with E-state index in [1.54, 1.807) is 51.7 Å². The van der Waals surface area contributed by atoms with Crippen molar-refractivity contribution >= 4 is 32.2 Å². The highest BCUT2D eigenvalue weighted by Crippen LogP contribution is 2.37. The Hall–Kier alpha value is -3.64. The third kappa shape index (κ3) is 12.1. The number of alkyl carbamates (subject to hydrolysis) is 1. The van der Waals surface area contributed by atoms with Crippen molar-refractivity contribution in [1.29, 1.82) is 0 Å². The molecule has 1 aliphatic heterocycles. The van der Waals surface area contributed by atoms with Crippen LogP contribution in [-0.4, -0.2) is 85.1 Å². The Morgan fingerprint density at radius 2 is 1.79 bits per heavy atom. The van der Waals surface area contributed by atoms with E-state index in [0.29, 0.717) is 18.6 Å². The van der Waals surface area contributed by atoms with Crippen LogP contribution in [0.4, 0.5) is 4.79 Å². The molecule has 0 aromatic heterocycles. The van der Waals surface area contributed by atoms with Crippen molar-refractivity contribution < 1.29 is 33.4 Å². The summed E-state index contributed by atoms with van der Waals surface area (Å²) in [5.74, 6) is -1.64. The van der Waals surface area contributed by atoms with Crippen LogP contribution in [0.2, 0.25) is 18.1 Å². The number of allylic oxidation sites excluding steroid dienone is 3. The first kappa shape index (κ1) is 40.5. The van der Waals surface area contributed by atoms with Gasteiger partial charge in [0.2, 0.25) is 20.1 Å². The smallest absolute Gasteiger partial charge is 0.408 e. The van der Waals surface area contributed by atoms with Gasteiger partial charge in [0, 0.05) is 19.5 Å². The number of carbonyl (C=O) groups excluding carboxylic acids is 3. The average Bonchev–Trinajstić information content (AvgIpc) is 2.95. The third-order valence-electron chi connectivity index (χ3n) is 8.71. The van der Waals surface area contributed by atoms with Gasteiger partial charge in [0.15, 0.2) is 0 Å². The van der Waals surface area contributed by atoms with E-state index in [2.05, 4.69) is 56.4 Å². The maximum atomic E-state index is 14.5. The second-order valence-corrected chi connectivity index (χ2v) is 20.0. The number of benzene rings is 1. The molecular formula is C36H58N4O7Si. The van der Waals surface area contributed by atoms with Crippen LogP contribution in [0.5, 0.6) is 5.75 Å². The molecule has 11 nitrogen and oxygen atoms in total. The van der Waals surface area contributed by atoms with E-state index in [9.17, 15) is 24.3 Å². The van der Waals surface area contributed by atoms with Gasteiger partial charge < -0.3 is 35.1 Å². The number of hydrogen-bond acceptors (Lipinski definition) is 7. The van der Waals surface area contributed by atoms with Crippen molar-refractivity contribution in [3.05, 3.63) is 54.6 Å². The van der Waals surface area contributed by atoms with Gasteiger partial charge in [0.25, 0.3) is 0 Å². The molecule has 0 spiro atoms. The lowest BCUT2D eigenvalue weighted by atomic mass is 9.95. The lowest BCUT2D eigenvalue weighted by molar-refractivity contribution is -0.148. The molecule has 1 fully saturated rings. The summed E-state index contributed by atoms with van der Waals surface area (Å²) >= 11 is 0. The number of piperazine rings is 1. The maximum absolute atomic E-state index is 14.5. The fourth-order valence-electron chi connectivity index (χ4n) is 5.18. The summed E-state index contributed by atoms with van der Waals surface area (Å²) in [6.45, 7) is 23.8. The van der Waals surface area contributed by atoms with Gasteiger partial charge in [-0.1, -0.05) is 71.6 Å². The predicted octanol–water partition coefficient (Wildman–Crippen LogP) is 5.42. The molecule has 268 valence electrons. The zero-order valence-electron chi connectivity index (χ0n) is 30.5. The number of carboxylic acid groups (broad SMARTS) is 1. The minimum absolute atomic E-state index is 0.0265. The van der Waals surface area contributed by atoms with E-state index < -0.39 is 62.0 Å². The fraction of sp³-hybridized carbons (Fsp3) is 0.611. The fourth-order valence-corrected chi connectivity index (χ4v) is 6.20. The van der Waals surface area contributed by atoms with E-state index >= 15 is 0 Å². The number of ether oxygens (including phenoxy) is 1. The molecule has 0 aliphatic carbocycles. The molecule has 1 aliphatic rings. The van der Waals surface area contributed by atoms with Crippen molar-refractivity contribution in [2.45, 2.75) is 123 Å². The monoisotopic (exact) mass is 686 g/mol. The first-order valence-electron chi connectivity index (χ1n) is 16.8. The van der Waals surface area contributed by atoms with Crippen molar-refractivity contribution in [3.8, 4) is 5.75 Å². The Morgan fingerprint density at radius 3 is 2.35 bits per heavy atom. The second-order valence-electron chi connectivity index (χ2n) is 15.3. The van der Waals surface area contributed by atoms with E-state index in [4.69, 9.17) is 9.16 Å². The molecule has 4 N–H and O–H groups in total. The summed E-state index contributed by atoms with van der Waals surface area (Å²) in [7, 11) is -2.16. The first-order valence-corrected chi connectivity index (χ1v) is 19.7. The molecule has 2 rings (SSSR count). The molecular weight excluding hydrogens is 629 g/mol. The number of aliphatic carboxylic acids is 1. The average molecular weight is 687 g/mol. The molecule has 1 saturated heterocycles. The van der Waals surface area contributed by atoms with Crippen LogP contribution in [0.25, 0.3) is 0 Å². The summed E-state index contributed by atoms with van der Waals surface area (Å²) in [5, 5.41) is 18.6. The summed E-state index contributed by atoms with van der Waals surface area (Å²) in [5.41, 5.74) is -0.00170. The van der Waals surface area contributed by atoms with Crippen LogP contribution in [0.3, 0.4) is 0 Å². The highest BCUT2D eigenvalue weighted by molar-refractivity contribution is 6.74. The normalized spacial score (nSPS) is 18.6. The Bertz CT molecular complexity index is 1320. The molecule has 48 heavy (non-hydrogen) atoms. The van der Waals surface area contributed by atoms with E-state index in [1.807, 2.05) is 30.3 Å². The number of carboxylic acids is 1. The molecule has 0 radical (unpaired) electrons. The number of nitrogens with one attached hydrogen (secondary N) is 3. The van der Waals surface area contributed by atoms with Gasteiger partial charge >= 0.3 is 12.1 Å². The summed E-state index contributed by atoms with van der Waals surface area (Å²) in [6.07, 6.45) is 5.61. The van der Waals surface area contributed by atoms with Crippen molar-refractivity contribution in [3.63, 3.8) is 0 Å². The Kier molecular flexibility index (Phi) is 14.5. The molecule has 1 unspecified atom stereocenters. The minimum Gasteiger partial charge on any atom is -0.543 e. The van der Waals surface area contributed by atoms with Crippen LogP contribution in [0.1, 0.15) is 73.8 Å². The summed E-state index contributed by atoms with van der Waals surface area (Å²) < 4.78 is 11.9. The first-order chi connectivity index (χ1) is 22.2. The Labute approximate surface area is 288 Å². The topological polar surface area (TPSA) is 146 Å². The highest BCUT2D eigenvalue weighted by atomic mass is 28.4. The molecule has 0 bridgehead atoms. The molecule has 0 saturated carbocycles.